The first-order valence-electron chi connectivity index (χ1n) is 8.91. The van der Waals surface area contributed by atoms with Crippen molar-refractivity contribution in [2.75, 3.05) is 0 Å². The number of benzene rings is 1. The highest BCUT2D eigenvalue weighted by atomic mass is 32.1. The SMILES string of the molecule is CCCCC1=C(S)C2=C(CCCC)C=C(c3ccccc3)C2=C1. The Morgan fingerprint density at radius 2 is 1.39 bits per heavy atom. The number of thiol groups is 1. The molecule has 1 aromatic carbocycles. The Hall–Kier alpha value is -1.47. The smallest absolute Gasteiger partial charge is 0.0154 e. The second-order valence-corrected chi connectivity index (χ2v) is 6.91. The van der Waals surface area contributed by atoms with Crippen LogP contribution in [0.15, 0.2) is 69.7 Å². The zero-order valence-corrected chi connectivity index (χ0v) is 15.1. The predicted molar refractivity (Wildman–Crippen MR) is 105 cm³/mol. The van der Waals surface area contributed by atoms with Gasteiger partial charge in [-0.1, -0.05) is 57.0 Å². The van der Waals surface area contributed by atoms with Crippen molar-refractivity contribution < 1.29 is 0 Å². The summed E-state index contributed by atoms with van der Waals surface area (Å²) in [6, 6.07) is 10.8. The average molecular weight is 323 g/mol. The molecule has 1 heteroatoms. The van der Waals surface area contributed by atoms with E-state index in [1.807, 2.05) is 0 Å². The van der Waals surface area contributed by atoms with Gasteiger partial charge in [-0.05, 0) is 71.3 Å². The molecule has 0 heterocycles. The van der Waals surface area contributed by atoms with Gasteiger partial charge in [0.05, 0.1) is 0 Å². The van der Waals surface area contributed by atoms with Crippen molar-refractivity contribution in [3.63, 3.8) is 0 Å². The fourth-order valence-corrected chi connectivity index (χ4v) is 3.88. The maximum absolute atomic E-state index is 4.91. The van der Waals surface area contributed by atoms with Gasteiger partial charge in [0.15, 0.2) is 0 Å². The molecule has 0 saturated heterocycles. The minimum Gasteiger partial charge on any atom is -0.142 e. The van der Waals surface area contributed by atoms with Gasteiger partial charge in [0, 0.05) is 4.91 Å². The van der Waals surface area contributed by atoms with Gasteiger partial charge in [-0.15, -0.1) is 12.6 Å². The standard InChI is InChI=1S/C22H26S/c1-3-5-10-17-14-19(16-12-8-7-9-13-16)20-15-18(11-6-4-2)22(23)21(17)20/h7-9,12-15,23H,3-6,10-11H2,1-2H3. The minimum absolute atomic E-state index is 1.14. The van der Waals surface area contributed by atoms with E-state index in [9.17, 15) is 0 Å². The Labute approximate surface area is 146 Å². The Bertz CT molecular complexity index is 699. The Balaban J connectivity index is 1.98. The van der Waals surface area contributed by atoms with E-state index >= 15 is 0 Å². The second kappa shape index (κ2) is 7.40. The molecule has 120 valence electrons. The van der Waals surface area contributed by atoms with E-state index in [2.05, 4.69) is 56.3 Å². The lowest BCUT2D eigenvalue weighted by atomic mass is 9.98. The zero-order valence-electron chi connectivity index (χ0n) is 14.2. The van der Waals surface area contributed by atoms with Gasteiger partial charge in [0.1, 0.15) is 0 Å². The molecule has 2 aliphatic rings. The Morgan fingerprint density at radius 3 is 2.04 bits per heavy atom. The van der Waals surface area contributed by atoms with E-state index in [4.69, 9.17) is 12.6 Å². The molecule has 0 amide bonds. The summed E-state index contributed by atoms with van der Waals surface area (Å²) in [4.78, 5) is 1.22. The summed E-state index contributed by atoms with van der Waals surface area (Å²) in [5, 5.41) is 0. The molecule has 2 aliphatic carbocycles. The van der Waals surface area contributed by atoms with Crippen molar-refractivity contribution in [3.05, 3.63) is 75.2 Å². The molecule has 23 heavy (non-hydrogen) atoms. The van der Waals surface area contributed by atoms with Crippen LogP contribution in [0.5, 0.6) is 0 Å². The monoisotopic (exact) mass is 322 g/mol. The van der Waals surface area contributed by atoms with Gasteiger partial charge in [-0.2, -0.15) is 0 Å². The number of rotatable bonds is 7. The summed E-state index contributed by atoms with van der Waals surface area (Å²) < 4.78 is 0. The van der Waals surface area contributed by atoms with E-state index < -0.39 is 0 Å². The minimum atomic E-state index is 1.14. The van der Waals surface area contributed by atoms with E-state index in [-0.39, 0.29) is 0 Å². The van der Waals surface area contributed by atoms with E-state index in [0.717, 1.165) is 12.8 Å². The third kappa shape index (κ3) is 3.26. The normalized spacial score (nSPS) is 16.8. The van der Waals surface area contributed by atoms with Crippen LogP contribution in [0.1, 0.15) is 57.9 Å². The molecule has 0 spiro atoms. The van der Waals surface area contributed by atoms with Crippen molar-refractivity contribution in [2.24, 2.45) is 0 Å². The first kappa shape index (κ1) is 16.4. The Morgan fingerprint density at radius 1 is 0.783 bits per heavy atom. The van der Waals surface area contributed by atoms with Crippen LogP contribution in [0.25, 0.3) is 5.57 Å². The predicted octanol–water partition coefficient (Wildman–Crippen LogP) is 6.88. The van der Waals surface area contributed by atoms with Crippen LogP contribution in [0.4, 0.5) is 0 Å². The molecule has 0 N–H and O–H groups in total. The molecular formula is C22H26S. The highest BCUT2D eigenvalue weighted by Crippen LogP contribution is 2.49. The summed E-state index contributed by atoms with van der Waals surface area (Å²) in [5.41, 5.74) is 8.42. The lowest BCUT2D eigenvalue weighted by Crippen LogP contribution is -1.88. The van der Waals surface area contributed by atoms with Crippen LogP contribution in [0, 0.1) is 0 Å². The van der Waals surface area contributed by atoms with Gasteiger partial charge in [-0.3, -0.25) is 0 Å². The van der Waals surface area contributed by atoms with Crippen LogP contribution in [0.2, 0.25) is 0 Å². The summed E-state index contributed by atoms with van der Waals surface area (Å²) in [6.07, 6.45) is 12.1. The van der Waals surface area contributed by atoms with Gasteiger partial charge >= 0.3 is 0 Å². The number of unbranched alkanes of at least 4 members (excludes halogenated alkanes) is 2. The third-order valence-electron chi connectivity index (χ3n) is 4.74. The van der Waals surface area contributed by atoms with Crippen molar-refractivity contribution in [2.45, 2.75) is 52.4 Å². The number of allylic oxidation sites excluding steroid dienone is 7. The second-order valence-electron chi connectivity index (χ2n) is 6.46. The maximum Gasteiger partial charge on any atom is 0.0154 e. The molecule has 1 aromatic rings. The lowest BCUT2D eigenvalue weighted by molar-refractivity contribution is 0.794. The highest BCUT2D eigenvalue weighted by Gasteiger charge is 2.29. The molecule has 0 fully saturated rings. The summed E-state index contributed by atoms with van der Waals surface area (Å²) in [5.74, 6) is 0. The maximum atomic E-state index is 4.91. The van der Waals surface area contributed by atoms with E-state index in [1.165, 1.54) is 64.0 Å². The molecule has 0 aromatic heterocycles. The van der Waals surface area contributed by atoms with Crippen molar-refractivity contribution >= 4 is 18.2 Å². The number of hydrogen-bond acceptors (Lipinski definition) is 1. The molecule has 3 rings (SSSR count). The highest BCUT2D eigenvalue weighted by molar-refractivity contribution is 7.84. The van der Waals surface area contributed by atoms with Crippen molar-refractivity contribution in [3.8, 4) is 0 Å². The molecule has 0 atom stereocenters. The average Bonchev–Trinajstić information content (AvgIpc) is 3.10. The lowest BCUT2D eigenvalue weighted by Gasteiger charge is -2.07. The summed E-state index contributed by atoms with van der Waals surface area (Å²) >= 11 is 4.91. The molecule has 0 saturated carbocycles. The molecule has 0 bridgehead atoms. The Kier molecular flexibility index (Phi) is 5.27. The molecule has 0 unspecified atom stereocenters. The van der Waals surface area contributed by atoms with Gasteiger partial charge in [0.2, 0.25) is 0 Å². The van der Waals surface area contributed by atoms with Crippen LogP contribution in [-0.2, 0) is 0 Å². The molecule has 0 nitrogen and oxygen atoms in total. The molecule has 0 radical (unpaired) electrons. The fraction of sp³-hybridized carbons (Fsp3) is 0.364. The third-order valence-corrected chi connectivity index (χ3v) is 5.25. The van der Waals surface area contributed by atoms with Gasteiger partial charge in [-0.25, -0.2) is 0 Å². The van der Waals surface area contributed by atoms with Crippen LogP contribution in [0.3, 0.4) is 0 Å². The van der Waals surface area contributed by atoms with Gasteiger partial charge < -0.3 is 0 Å². The molecular weight excluding hydrogens is 296 g/mol. The first-order chi connectivity index (χ1) is 11.3. The van der Waals surface area contributed by atoms with E-state index in [1.54, 1.807) is 0 Å². The summed E-state index contributed by atoms with van der Waals surface area (Å²) in [6.45, 7) is 4.51. The van der Waals surface area contributed by atoms with Gasteiger partial charge in [0.25, 0.3) is 0 Å². The van der Waals surface area contributed by atoms with E-state index in [0.29, 0.717) is 0 Å². The largest absolute Gasteiger partial charge is 0.142 e. The fourth-order valence-electron chi connectivity index (χ4n) is 3.44. The molecule has 0 aliphatic heterocycles. The topological polar surface area (TPSA) is 0 Å². The number of fused-ring (bicyclic) bond motifs is 1. The van der Waals surface area contributed by atoms with Crippen LogP contribution in [-0.4, -0.2) is 0 Å². The van der Waals surface area contributed by atoms with Crippen molar-refractivity contribution in [1.82, 2.24) is 0 Å². The van der Waals surface area contributed by atoms with Crippen LogP contribution >= 0.6 is 12.6 Å². The van der Waals surface area contributed by atoms with Crippen LogP contribution < -0.4 is 0 Å². The summed E-state index contributed by atoms with van der Waals surface area (Å²) in [7, 11) is 0. The zero-order chi connectivity index (χ0) is 16.2. The quantitative estimate of drug-likeness (QED) is 0.519. The first-order valence-corrected chi connectivity index (χ1v) is 9.36. The number of hydrogen-bond donors (Lipinski definition) is 1. The van der Waals surface area contributed by atoms with Crippen molar-refractivity contribution in [1.29, 1.82) is 0 Å².